The zero-order chi connectivity index (χ0) is 13.9. The van der Waals surface area contributed by atoms with Crippen LogP contribution in [0.1, 0.15) is 32.6 Å². The van der Waals surface area contributed by atoms with Crippen LogP contribution in [0.2, 0.25) is 0 Å². The van der Waals surface area contributed by atoms with E-state index < -0.39 is 0 Å². The molecule has 1 aliphatic carbocycles. The summed E-state index contributed by atoms with van der Waals surface area (Å²) in [5, 5.41) is 6.91. The molecule has 0 atom stereocenters. The van der Waals surface area contributed by atoms with Gasteiger partial charge in [0.15, 0.2) is 11.5 Å². The Labute approximate surface area is 119 Å². The third kappa shape index (κ3) is 2.47. The maximum Gasteiger partial charge on any atom is 0.165 e. The Morgan fingerprint density at radius 2 is 1.90 bits per heavy atom. The van der Waals surface area contributed by atoms with Crippen molar-refractivity contribution in [2.75, 3.05) is 12.4 Å². The molecule has 6 heteroatoms. The third-order valence-electron chi connectivity index (χ3n) is 4.22. The first-order chi connectivity index (χ1) is 9.81. The molecule has 0 spiro atoms. The summed E-state index contributed by atoms with van der Waals surface area (Å²) in [5.74, 6) is 0.870. The van der Waals surface area contributed by atoms with Crippen molar-refractivity contribution in [1.29, 1.82) is 0 Å². The molecule has 108 valence electrons. The maximum atomic E-state index is 4.45. The van der Waals surface area contributed by atoms with Gasteiger partial charge in [-0.1, -0.05) is 0 Å². The highest BCUT2D eigenvalue weighted by atomic mass is 15.1. The lowest BCUT2D eigenvalue weighted by Gasteiger charge is -2.29. The molecule has 2 aromatic heterocycles. The van der Waals surface area contributed by atoms with Crippen LogP contribution in [0.3, 0.4) is 0 Å². The summed E-state index contributed by atoms with van der Waals surface area (Å²) in [4.78, 5) is 13.2. The van der Waals surface area contributed by atoms with Crippen LogP contribution in [0.4, 0.5) is 5.82 Å². The fraction of sp³-hybridized carbons (Fsp3) is 0.643. The number of imidazole rings is 1. The number of anilines is 1. The lowest BCUT2D eigenvalue weighted by Crippen LogP contribution is -2.35. The molecular weight excluding hydrogens is 252 g/mol. The van der Waals surface area contributed by atoms with E-state index in [0.29, 0.717) is 12.1 Å². The van der Waals surface area contributed by atoms with Gasteiger partial charge in [-0.3, -0.25) is 0 Å². The molecule has 1 fully saturated rings. The molecule has 0 unspecified atom stereocenters. The summed E-state index contributed by atoms with van der Waals surface area (Å²) in [7, 11) is 2.05. The minimum atomic E-state index is 0.490. The molecule has 1 aliphatic rings. The van der Waals surface area contributed by atoms with Gasteiger partial charge in [-0.15, -0.1) is 0 Å². The van der Waals surface area contributed by atoms with Gasteiger partial charge >= 0.3 is 0 Å². The monoisotopic (exact) mass is 274 g/mol. The van der Waals surface area contributed by atoms with E-state index in [-0.39, 0.29) is 0 Å². The molecule has 0 bridgehead atoms. The van der Waals surface area contributed by atoms with E-state index in [2.05, 4.69) is 32.5 Å². The minimum Gasteiger partial charge on any atom is -0.365 e. The van der Waals surface area contributed by atoms with Gasteiger partial charge < -0.3 is 15.2 Å². The lowest BCUT2D eigenvalue weighted by molar-refractivity contribution is 0.371. The number of aryl methyl sites for hydroxylation is 1. The summed E-state index contributed by atoms with van der Waals surface area (Å²) >= 11 is 0. The van der Waals surface area contributed by atoms with Gasteiger partial charge in [0.1, 0.15) is 11.8 Å². The molecule has 0 aliphatic heterocycles. The number of hydrogen-bond acceptors (Lipinski definition) is 5. The topological polar surface area (TPSA) is 67.7 Å². The molecule has 0 saturated heterocycles. The molecule has 20 heavy (non-hydrogen) atoms. The first-order valence-corrected chi connectivity index (χ1v) is 7.41. The van der Waals surface area contributed by atoms with E-state index in [1.165, 1.54) is 25.7 Å². The highest BCUT2D eigenvalue weighted by Crippen LogP contribution is 2.24. The molecule has 2 heterocycles. The molecule has 1 saturated carbocycles. The summed E-state index contributed by atoms with van der Waals surface area (Å²) < 4.78 is 2.04. The average Bonchev–Trinajstić information content (AvgIpc) is 2.92. The second kappa shape index (κ2) is 5.75. The molecule has 3 rings (SSSR count). The van der Waals surface area contributed by atoms with Crippen molar-refractivity contribution in [3.8, 4) is 0 Å². The van der Waals surface area contributed by atoms with Crippen LogP contribution in [-0.4, -0.2) is 38.7 Å². The quantitative estimate of drug-likeness (QED) is 0.889. The number of nitrogens with one attached hydrogen (secondary N) is 2. The van der Waals surface area contributed by atoms with E-state index in [4.69, 9.17) is 0 Å². The molecule has 6 nitrogen and oxygen atoms in total. The highest BCUT2D eigenvalue weighted by Gasteiger charge is 2.21. The molecule has 2 aromatic rings. The Hall–Kier alpha value is -1.69. The van der Waals surface area contributed by atoms with Crippen LogP contribution in [-0.2, 0) is 6.54 Å². The van der Waals surface area contributed by atoms with Crippen molar-refractivity contribution >= 4 is 17.0 Å². The summed E-state index contributed by atoms with van der Waals surface area (Å²) in [5.41, 5.74) is 1.79. The number of rotatable bonds is 4. The van der Waals surface area contributed by atoms with Crippen molar-refractivity contribution in [2.24, 2.45) is 0 Å². The van der Waals surface area contributed by atoms with Crippen LogP contribution in [0.25, 0.3) is 11.2 Å². The normalized spacial score (nSPS) is 23.1. The predicted molar refractivity (Wildman–Crippen MR) is 79.7 cm³/mol. The number of hydrogen-bond donors (Lipinski definition) is 2. The summed E-state index contributed by atoms with van der Waals surface area (Å²) in [6, 6.07) is 1.15. The zero-order valence-corrected chi connectivity index (χ0v) is 12.1. The average molecular weight is 274 g/mol. The van der Waals surface area contributed by atoms with E-state index in [1.807, 2.05) is 17.9 Å². The highest BCUT2D eigenvalue weighted by molar-refractivity contribution is 5.82. The van der Waals surface area contributed by atoms with Crippen LogP contribution in [0, 0.1) is 0 Å². The second-order valence-corrected chi connectivity index (χ2v) is 5.41. The Morgan fingerprint density at radius 1 is 1.15 bits per heavy atom. The van der Waals surface area contributed by atoms with Crippen LogP contribution < -0.4 is 10.6 Å². The molecule has 0 amide bonds. The van der Waals surface area contributed by atoms with E-state index in [1.54, 1.807) is 6.33 Å². The van der Waals surface area contributed by atoms with Crippen molar-refractivity contribution in [3.63, 3.8) is 0 Å². The lowest BCUT2D eigenvalue weighted by atomic mass is 9.91. The van der Waals surface area contributed by atoms with Gasteiger partial charge in [-0.2, -0.15) is 0 Å². The molecule has 0 radical (unpaired) electrons. The fourth-order valence-electron chi connectivity index (χ4n) is 2.94. The van der Waals surface area contributed by atoms with E-state index >= 15 is 0 Å². The van der Waals surface area contributed by atoms with Crippen molar-refractivity contribution in [1.82, 2.24) is 24.8 Å². The first-order valence-electron chi connectivity index (χ1n) is 7.41. The third-order valence-corrected chi connectivity index (χ3v) is 4.22. The number of aromatic nitrogens is 4. The summed E-state index contributed by atoms with van der Waals surface area (Å²) in [6.45, 7) is 2.97. The fourth-order valence-corrected chi connectivity index (χ4v) is 2.94. The largest absolute Gasteiger partial charge is 0.365 e. The van der Waals surface area contributed by atoms with Crippen LogP contribution >= 0.6 is 0 Å². The Kier molecular flexibility index (Phi) is 3.82. The van der Waals surface area contributed by atoms with Crippen LogP contribution in [0.5, 0.6) is 0 Å². The Morgan fingerprint density at radius 3 is 2.60 bits per heavy atom. The van der Waals surface area contributed by atoms with E-state index in [9.17, 15) is 0 Å². The maximum absolute atomic E-state index is 4.45. The van der Waals surface area contributed by atoms with Gasteiger partial charge in [0, 0.05) is 18.6 Å². The SMILES string of the molecule is CCn1cnc2c(NC3CCC(NC)CC3)ncnc21. The summed E-state index contributed by atoms with van der Waals surface area (Å²) in [6.07, 6.45) is 8.23. The van der Waals surface area contributed by atoms with Gasteiger partial charge in [0.2, 0.25) is 0 Å². The van der Waals surface area contributed by atoms with Gasteiger partial charge in [-0.05, 0) is 39.7 Å². The van der Waals surface area contributed by atoms with Gasteiger partial charge in [0.05, 0.1) is 6.33 Å². The molecular formula is C14H22N6. The van der Waals surface area contributed by atoms with Gasteiger partial charge in [-0.25, -0.2) is 15.0 Å². The Bertz CT molecular complexity index is 570. The standard InChI is InChI=1S/C14H22N6/c1-3-20-9-18-12-13(16-8-17-14(12)20)19-11-6-4-10(15-2)5-7-11/h8-11,15H,3-7H2,1-2H3,(H,16,17,19). The predicted octanol–water partition coefficient (Wildman–Crippen LogP) is 1.79. The first kappa shape index (κ1) is 13.3. The molecule has 0 aromatic carbocycles. The smallest absolute Gasteiger partial charge is 0.165 e. The van der Waals surface area contributed by atoms with Crippen molar-refractivity contribution < 1.29 is 0 Å². The number of fused-ring (bicyclic) bond motifs is 1. The zero-order valence-electron chi connectivity index (χ0n) is 12.1. The second-order valence-electron chi connectivity index (χ2n) is 5.41. The minimum absolute atomic E-state index is 0.490. The Balaban J connectivity index is 1.76. The van der Waals surface area contributed by atoms with Gasteiger partial charge in [0.25, 0.3) is 0 Å². The number of nitrogens with zero attached hydrogens (tertiary/aromatic N) is 4. The van der Waals surface area contributed by atoms with Crippen molar-refractivity contribution in [2.45, 2.75) is 51.2 Å². The van der Waals surface area contributed by atoms with Crippen LogP contribution in [0.15, 0.2) is 12.7 Å². The van der Waals surface area contributed by atoms with E-state index in [0.717, 1.165) is 23.5 Å². The molecule has 2 N–H and O–H groups in total. The van der Waals surface area contributed by atoms with Crippen molar-refractivity contribution in [3.05, 3.63) is 12.7 Å².